The largest absolute Gasteiger partial charge is 0.384 e. The SMILES string of the molecule is CCC1(NC(=O)c2cc(N)ncc2Cl)CCC1. The summed E-state index contributed by atoms with van der Waals surface area (Å²) >= 11 is 5.95. The standard InChI is InChI=1S/C12H16ClN3O/c1-2-12(4-3-5-12)16-11(17)8-6-10(14)15-7-9(8)13/h6-7H,2-5H2,1H3,(H2,14,15)(H,16,17). The van der Waals surface area contributed by atoms with E-state index < -0.39 is 0 Å². The highest BCUT2D eigenvalue weighted by Crippen LogP contribution is 2.35. The molecule has 2 rings (SSSR count). The highest BCUT2D eigenvalue weighted by atomic mass is 35.5. The van der Waals surface area contributed by atoms with Crippen LogP contribution in [0.15, 0.2) is 12.3 Å². The van der Waals surface area contributed by atoms with Crippen molar-refractivity contribution in [2.75, 3.05) is 5.73 Å². The molecule has 0 unspecified atom stereocenters. The Morgan fingerprint density at radius 2 is 2.35 bits per heavy atom. The third-order valence-electron chi connectivity index (χ3n) is 3.49. The highest BCUT2D eigenvalue weighted by Gasteiger charge is 2.36. The zero-order valence-corrected chi connectivity index (χ0v) is 10.5. The van der Waals surface area contributed by atoms with E-state index in [2.05, 4.69) is 17.2 Å². The Morgan fingerprint density at radius 1 is 1.65 bits per heavy atom. The lowest BCUT2D eigenvalue weighted by atomic mass is 9.74. The zero-order valence-electron chi connectivity index (χ0n) is 9.79. The maximum atomic E-state index is 12.1. The van der Waals surface area contributed by atoms with Crippen molar-refractivity contribution in [3.05, 3.63) is 22.8 Å². The number of carbonyl (C=O) groups is 1. The van der Waals surface area contributed by atoms with Crippen molar-refractivity contribution < 1.29 is 4.79 Å². The number of nitrogen functional groups attached to an aromatic ring is 1. The van der Waals surface area contributed by atoms with E-state index in [4.69, 9.17) is 17.3 Å². The first-order chi connectivity index (χ1) is 8.06. The Hall–Kier alpha value is -1.29. The summed E-state index contributed by atoms with van der Waals surface area (Å²) in [5, 5.41) is 3.39. The number of pyridine rings is 1. The first kappa shape index (κ1) is 12.2. The molecule has 0 spiro atoms. The van der Waals surface area contributed by atoms with Crippen molar-refractivity contribution in [1.29, 1.82) is 0 Å². The number of anilines is 1. The first-order valence-corrected chi connectivity index (χ1v) is 6.18. The predicted molar refractivity (Wildman–Crippen MR) is 68.0 cm³/mol. The van der Waals surface area contributed by atoms with Crippen molar-refractivity contribution in [2.24, 2.45) is 0 Å². The molecule has 4 nitrogen and oxygen atoms in total. The van der Waals surface area contributed by atoms with Gasteiger partial charge in [-0.3, -0.25) is 4.79 Å². The number of amides is 1. The number of nitrogens with one attached hydrogen (secondary N) is 1. The molecule has 1 heterocycles. The molecule has 0 atom stereocenters. The topological polar surface area (TPSA) is 68.0 Å². The molecule has 0 aliphatic heterocycles. The van der Waals surface area contributed by atoms with Crippen LogP contribution in [-0.4, -0.2) is 16.4 Å². The lowest BCUT2D eigenvalue weighted by Crippen LogP contribution is -2.53. The average Bonchev–Trinajstić information content (AvgIpc) is 2.26. The Morgan fingerprint density at radius 3 is 2.88 bits per heavy atom. The predicted octanol–water partition coefficient (Wildman–Crippen LogP) is 2.38. The zero-order chi connectivity index (χ0) is 12.5. The van der Waals surface area contributed by atoms with Gasteiger partial charge < -0.3 is 11.1 Å². The Bertz CT molecular complexity index is 438. The van der Waals surface area contributed by atoms with Crippen molar-refractivity contribution in [1.82, 2.24) is 10.3 Å². The quantitative estimate of drug-likeness (QED) is 0.869. The Kier molecular flexibility index (Phi) is 3.24. The van der Waals surface area contributed by atoms with Gasteiger partial charge in [0.25, 0.3) is 5.91 Å². The summed E-state index contributed by atoms with van der Waals surface area (Å²) in [6.45, 7) is 2.09. The van der Waals surface area contributed by atoms with E-state index in [1.807, 2.05) is 0 Å². The second-order valence-electron chi connectivity index (χ2n) is 4.53. The smallest absolute Gasteiger partial charge is 0.253 e. The van der Waals surface area contributed by atoms with Gasteiger partial charge in [0.05, 0.1) is 10.6 Å². The van der Waals surface area contributed by atoms with Crippen molar-refractivity contribution in [2.45, 2.75) is 38.1 Å². The number of hydrogen-bond acceptors (Lipinski definition) is 3. The maximum absolute atomic E-state index is 12.1. The number of aromatic nitrogens is 1. The lowest BCUT2D eigenvalue weighted by Gasteiger charge is -2.42. The van der Waals surface area contributed by atoms with Gasteiger partial charge >= 0.3 is 0 Å². The molecule has 1 saturated carbocycles. The number of nitrogens with zero attached hydrogens (tertiary/aromatic N) is 1. The third-order valence-corrected chi connectivity index (χ3v) is 3.79. The van der Waals surface area contributed by atoms with Gasteiger partial charge in [0.1, 0.15) is 5.82 Å². The Balaban J connectivity index is 2.17. The number of hydrogen-bond donors (Lipinski definition) is 2. The molecule has 1 aromatic heterocycles. The van der Waals surface area contributed by atoms with Crippen LogP contribution >= 0.6 is 11.6 Å². The van der Waals surface area contributed by atoms with Crippen LogP contribution in [0, 0.1) is 0 Å². The van der Waals surface area contributed by atoms with E-state index in [1.165, 1.54) is 18.7 Å². The summed E-state index contributed by atoms with van der Waals surface area (Å²) in [5.74, 6) is 0.143. The number of halogens is 1. The fraction of sp³-hybridized carbons (Fsp3) is 0.500. The Labute approximate surface area is 106 Å². The summed E-state index contributed by atoms with van der Waals surface area (Å²) in [6, 6.07) is 1.51. The monoisotopic (exact) mass is 253 g/mol. The molecule has 1 fully saturated rings. The fourth-order valence-corrected chi connectivity index (χ4v) is 2.30. The van der Waals surface area contributed by atoms with E-state index in [-0.39, 0.29) is 11.4 Å². The fourth-order valence-electron chi connectivity index (χ4n) is 2.11. The minimum Gasteiger partial charge on any atom is -0.384 e. The molecule has 1 aromatic rings. The summed E-state index contributed by atoms with van der Waals surface area (Å²) in [5.41, 5.74) is 5.92. The molecule has 3 N–H and O–H groups in total. The normalized spacial score (nSPS) is 17.3. The van der Waals surface area contributed by atoms with Crippen LogP contribution in [0.2, 0.25) is 5.02 Å². The van der Waals surface area contributed by atoms with Gasteiger partial charge in [-0.2, -0.15) is 0 Å². The molecule has 0 saturated heterocycles. The molecule has 1 aliphatic rings. The molecule has 0 bridgehead atoms. The van der Waals surface area contributed by atoms with E-state index in [9.17, 15) is 4.79 Å². The molecular weight excluding hydrogens is 238 g/mol. The second-order valence-corrected chi connectivity index (χ2v) is 4.94. The van der Waals surface area contributed by atoms with Crippen LogP contribution < -0.4 is 11.1 Å². The van der Waals surface area contributed by atoms with Crippen molar-refractivity contribution >= 4 is 23.3 Å². The van der Waals surface area contributed by atoms with Crippen LogP contribution in [0.25, 0.3) is 0 Å². The van der Waals surface area contributed by atoms with Gasteiger partial charge in [0.2, 0.25) is 0 Å². The van der Waals surface area contributed by atoms with Gasteiger partial charge in [-0.25, -0.2) is 4.98 Å². The molecule has 5 heteroatoms. The van der Waals surface area contributed by atoms with Gasteiger partial charge in [-0.05, 0) is 31.7 Å². The van der Waals surface area contributed by atoms with Crippen molar-refractivity contribution in [3.8, 4) is 0 Å². The summed E-state index contributed by atoms with van der Waals surface area (Å²) in [6.07, 6.45) is 5.59. The molecule has 1 amide bonds. The minimum atomic E-state index is -0.161. The summed E-state index contributed by atoms with van der Waals surface area (Å²) < 4.78 is 0. The van der Waals surface area contributed by atoms with Gasteiger partial charge in [-0.15, -0.1) is 0 Å². The lowest BCUT2D eigenvalue weighted by molar-refractivity contribution is 0.0820. The molecule has 92 valence electrons. The highest BCUT2D eigenvalue weighted by molar-refractivity contribution is 6.33. The summed E-state index contributed by atoms with van der Waals surface area (Å²) in [4.78, 5) is 15.9. The van der Waals surface area contributed by atoms with Crippen molar-refractivity contribution in [3.63, 3.8) is 0 Å². The van der Waals surface area contributed by atoms with E-state index in [0.29, 0.717) is 16.4 Å². The van der Waals surface area contributed by atoms with E-state index in [0.717, 1.165) is 19.3 Å². The number of carbonyl (C=O) groups excluding carboxylic acids is 1. The summed E-state index contributed by atoms with van der Waals surface area (Å²) in [7, 11) is 0. The van der Waals surface area contributed by atoms with Crippen LogP contribution in [-0.2, 0) is 0 Å². The molecular formula is C12H16ClN3O. The van der Waals surface area contributed by atoms with Crippen LogP contribution in [0.1, 0.15) is 43.0 Å². The third kappa shape index (κ3) is 2.36. The average molecular weight is 254 g/mol. The second kappa shape index (κ2) is 4.53. The molecule has 1 aliphatic carbocycles. The number of nitrogens with two attached hydrogens (primary N) is 1. The van der Waals surface area contributed by atoms with Crippen LogP contribution in [0.4, 0.5) is 5.82 Å². The van der Waals surface area contributed by atoms with Crippen LogP contribution in [0.3, 0.4) is 0 Å². The maximum Gasteiger partial charge on any atom is 0.253 e. The van der Waals surface area contributed by atoms with Gasteiger partial charge in [-0.1, -0.05) is 18.5 Å². The number of rotatable bonds is 3. The molecule has 0 radical (unpaired) electrons. The molecule has 17 heavy (non-hydrogen) atoms. The van der Waals surface area contributed by atoms with E-state index in [1.54, 1.807) is 0 Å². The molecule has 0 aromatic carbocycles. The minimum absolute atomic E-state index is 0.0432. The first-order valence-electron chi connectivity index (χ1n) is 5.80. The van der Waals surface area contributed by atoms with Crippen LogP contribution in [0.5, 0.6) is 0 Å². The van der Waals surface area contributed by atoms with Gasteiger partial charge in [0, 0.05) is 11.7 Å². The van der Waals surface area contributed by atoms with E-state index >= 15 is 0 Å². The van der Waals surface area contributed by atoms with Gasteiger partial charge in [0.15, 0.2) is 0 Å².